The third-order valence-electron chi connectivity index (χ3n) is 7.77. The third-order valence-corrected chi connectivity index (χ3v) is 8.81. The number of rotatable bonds is 10. The van der Waals surface area contributed by atoms with E-state index in [4.69, 9.17) is 0 Å². The number of nitrogens with zero attached hydrogens (tertiary/aromatic N) is 2. The van der Waals surface area contributed by atoms with Crippen LogP contribution in [0.3, 0.4) is 0 Å². The average molecular weight is 629 g/mol. The first kappa shape index (κ1) is 33.1. The standard InChI is InChI=1S/C44H40N2S/c1-5-35(2)19-17-21-37(4)45(40-23-11-7-6-8-12-24-40)44-32-30-39(34-47-44)38-22-15-16-27-42(31-29-38)46(41-25-13-9-10-14-26-41)43-28-18-20-36(3)33-43/h6-11,13,15-21,24-26,28-35,44H,5H2,1-4H3/b7-6-,19-17-,31-29-,37-21+. The van der Waals surface area contributed by atoms with E-state index in [0.29, 0.717) is 5.92 Å². The van der Waals surface area contributed by atoms with Crippen LogP contribution in [0.5, 0.6) is 0 Å². The van der Waals surface area contributed by atoms with Gasteiger partial charge in [0, 0.05) is 29.1 Å². The first-order valence-corrected chi connectivity index (χ1v) is 17.0. The molecule has 4 aliphatic rings. The second-order valence-electron chi connectivity index (χ2n) is 11.3. The number of anilines is 1. The van der Waals surface area contributed by atoms with Gasteiger partial charge in [0.05, 0.1) is 17.1 Å². The summed E-state index contributed by atoms with van der Waals surface area (Å²) in [5.74, 6) is 0.539. The average Bonchev–Trinajstić information content (AvgIpc) is 3.33. The summed E-state index contributed by atoms with van der Waals surface area (Å²) in [6.07, 6.45) is 40.2. The molecular formula is C44H40N2S. The minimum Gasteiger partial charge on any atom is -0.322 e. The molecule has 2 nitrogen and oxygen atoms in total. The molecule has 1 aromatic carbocycles. The van der Waals surface area contributed by atoms with E-state index < -0.39 is 0 Å². The Morgan fingerprint density at radius 2 is 1.70 bits per heavy atom. The number of allylic oxidation sites excluding steroid dienone is 16. The summed E-state index contributed by atoms with van der Waals surface area (Å²) in [5.41, 5.74) is 25.3. The normalized spacial score (nSPS) is 20.3. The highest BCUT2D eigenvalue weighted by Crippen LogP contribution is 2.34. The maximum absolute atomic E-state index is 3.47. The molecule has 2 atom stereocenters. The van der Waals surface area contributed by atoms with Crippen molar-refractivity contribution in [2.24, 2.45) is 5.92 Å². The van der Waals surface area contributed by atoms with Crippen molar-refractivity contribution < 1.29 is 0 Å². The van der Waals surface area contributed by atoms with Crippen molar-refractivity contribution in [3.05, 3.63) is 213 Å². The number of aryl methyl sites for hydroxylation is 1. The number of hydrogen-bond donors (Lipinski definition) is 0. The third kappa shape index (κ3) is 9.13. The van der Waals surface area contributed by atoms with Crippen LogP contribution in [0.15, 0.2) is 208 Å². The first-order valence-electron chi connectivity index (χ1n) is 16.0. The maximum Gasteiger partial charge on any atom is 0.103 e. The van der Waals surface area contributed by atoms with E-state index in [0.717, 1.165) is 46.0 Å². The van der Waals surface area contributed by atoms with Crippen LogP contribution in [0.1, 0.15) is 32.8 Å². The van der Waals surface area contributed by atoms with Crippen molar-refractivity contribution in [3.8, 4) is 0 Å². The quantitative estimate of drug-likeness (QED) is 0.188. The molecule has 1 aliphatic heterocycles. The lowest BCUT2D eigenvalue weighted by Crippen LogP contribution is -2.29. The summed E-state index contributed by atoms with van der Waals surface area (Å²) in [6, 6.07) is 8.52. The topological polar surface area (TPSA) is 6.48 Å². The molecule has 0 N–H and O–H groups in total. The lowest BCUT2D eigenvalue weighted by Gasteiger charge is -2.32. The molecule has 0 saturated carbocycles. The van der Waals surface area contributed by atoms with Gasteiger partial charge in [0.1, 0.15) is 5.37 Å². The van der Waals surface area contributed by atoms with Crippen LogP contribution in [0.4, 0.5) is 5.69 Å². The fraction of sp³-hybridized carbons (Fsp3) is 0.159. The van der Waals surface area contributed by atoms with E-state index in [9.17, 15) is 0 Å². The molecule has 0 amide bonds. The van der Waals surface area contributed by atoms with Crippen molar-refractivity contribution in [3.63, 3.8) is 0 Å². The molecule has 0 fully saturated rings. The molecule has 47 heavy (non-hydrogen) atoms. The molecule has 0 spiro atoms. The predicted octanol–water partition coefficient (Wildman–Crippen LogP) is 11.3. The van der Waals surface area contributed by atoms with Gasteiger partial charge in [-0.15, -0.1) is 29.0 Å². The number of hydrogen-bond acceptors (Lipinski definition) is 3. The van der Waals surface area contributed by atoms with Gasteiger partial charge in [0.15, 0.2) is 0 Å². The Morgan fingerprint density at radius 1 is 0.915 bits per heavy atom. The van der Waals surface area contributed by atoms with Crippen molar-refractivity contribution >= 4 is 17.4 Å². The SMILES string of the molecule is CCC(C)/C=C\C=C(/C)N(C1=C=C/C=C\C=C=C1)C1C=CC(C2=C=CC=C=C(N(C3=CC=CC=C=C3)c3cccc(C)c3)/C=C\2)=CS1. The highest BCUT2D eigenvalue weighted by atomic mass is 32.2. The highest BCUT2D eigenvalue weighted by Gasteiger charge is 2.22. The predicted molar refractivity (Wildman–Crippen MR) is 202 cm³/mol. The second-order valence-corrected chi connectivity index (χ2v) is 12.3. The Labute approximate surface area is 285 Å². The summed E-state index contributed by atoms with van der Waals surface area (Å²) < 4.78 is 0. The van der Waals surface area contributed by atoms with E-state index in [1.807, 2.05) is 66.8 Å². The molecule has 3 aliphatic carbocycles. The summed E-state index contributed by atoms with van der Waals surface area (Å²) >= 11 is 1.77. The Hall–Kier alpha value is -5.31. The van der Waals surface area contributed by atoms with Gasteiger partial charge >= 0.3 is 0 Å². The van der Waals surface area contributed by atoms with Gasteiger partial charge in [-0.2, -0.15) is 0 Å². The van der Waals surface area contributed by atoms with Gasteiger partial charge in [0.2, 0.25) is 0 Å². The molecule has 0 bridgehead atoms. The van der Waals surface area contributed by atoms with Gasteiger partial charge < -0.3 is 9.80 Å². The van der Waals surface area contributed by atoms with Crippen LogP contribution in [0, 0.1) is 12.8 Å². The highest BCUT2D eigenvalue weighted by molar-refractivity contribution is 8.02. The molecule has 0 aromatic heterocycles. The second kappa shape index (κ2) is 16.8. The van der Waals surface area contributed by atoms with Gasteiger partial charge in [-0.05, 0) is 103 Å². The van der Waals surface area contributed by atoms with Crippen molar-refractivity contribution in [1.29, 1.82) is 0 Å². The Bertz CT molecular complexity index is 1960. The van der Waals surface area contributed by atoms with Crippen LogP contribution < -0.4 is 4.90 Å². The molecule has 1 heterocycles. The van der Waals surface area contributed by atoms with Crippen molar-refractivity contribution in [2.45, 2.75) is 39.5 Å². The van der Waals surface area contributed by atoms with Crippen LogP contribution in [0.25, 0.3) is 0 Å². The van der Waals surface area contributed by atoms with Gasteiger partial charge in [-0.1, -0.05) is 92.5 Å². The summed E-state index contributed by atoms with van der Waals surface area (Å²) in [4.78, 5) is 4.52. The zero-order chi connectivity index (χ0) is 32.8. The van der Waals surface area contributed by atoms with Crippen molar-refractivity contribution in [2.75, 3.05) is 4.90 Å². The summed E-state index contributed by atoms with van der Waals surface area (Å²) in [6.45, 7) is 8.73. The minimum atomic E-state index is 0.0497. The Balaban J connectivity index is 1.43. The molecular weight excluding hydrogens is 589 g/mol. The zero-order valence-corrected chi connectivity index (χ0v) is 28.3. The molecule has 0 radical (unpaired) electrons. The van der Waals surface area contributed by atoms with Gasteiger partial charge in [-0.3, -0.25) is 0 Å². The van der Waals surface area contributed by atoms with Crippen LogP contribution in [-0.4, -0.2) is 10.3 Å². The lowest BCUT2D eigenvalue weighted by atomic mass is 10.1. The van der Waals surface area contributed by atoms with Gasteiger partial charge in [0.25, 0.3) is 0 Å². The molecule has 3 heteroatoms. The summed E-state index contributed by atoms with van der Waals surface area (Å²) in [5, 5.41) is 2.28. The van der Waals surface area contributed by atoms with Crippen LogP contribution in [-0.2, 0) is 0 Å². The Kier molecular flexibility index (Phi) is 11.8. The molecule has 1 aromatic rings. The molecule has 0 saturated heterocycles. The largest absolute Gasteiger partial charge is 0.322 e. The van der Waals surface area contributed by atoms with Crippen molar-refractivity contribution in [1.82, 2.24) is 4.90 Å². The van der Waals surface area contributed by atoms with E-state index in [1.54, 1.807) is 11.8 Å². The fourth-order valence-corrected chi connectivity index (χ4v) is 6.13. The van der Waals surface area contributed by atoms with E-state index >= 15 is 0 Å². The van der Waals surface area contributed by atoms with Crippen LogP contribution >= 0.6 is 11.8 Å². The lowest BCUT2D eigenvalue weighted by molar-refractivity contribution is 0.460. The van der Waals surface area contributed by atoms with E-state index in [1.165, 1.54) is 5.56 Å². The van der Waals surface area contributed by atoms with E-state index in [2.05, 4.69) is 144 Å². The number of thioether (sulfide) groups is 1. The first-order chi connectivity index (χ1) is 23.0. The minimum absolute atomic E-state index is 0.0497. The molecule has 2 unspecified atom stereocenters. The van der Waals surface area contributed by atoms with Gasteiger partial charge in [-0.25, -0.2) is 0 Å². The van der Waals surface area contributed by atoms with Crippen LogP contribution in [0.2, 0.25) is 0 Å². The Morgan fingerprint density at radius 3 is 2.51 bits per heavy atom. The molecule has 232 valence electrons. The zero-order valence-electron chi connectivity index (χ0n) is 27.5. The number of benzene rings is 1. The maximum atomic E-state index is 3.47. The smallest absolute Gasteiger partial charge is 0.103 e. The monoisotopic (exact) mass is 628 g/mol. The van der Waals surface area contributed by atoms with E-state index in [-0.39, 0.29) is 5.37 Å². The molecule has 5 rings (SSSR count). The summed E-state index contributed by atoms with van der Waals surface area (Å²) in [7, 11) is 0. The fourth-order valence-electron chi connectivity index (χ4n) is 5.07.